The van der Waals surface area contributed by atoms with Gasteiger partial charge in [-0.1, -0.05) is 98.4 Å². The van der Waals surface area contributed by atoms with E-state index in [4.69, 9.17) is 4.98 Å². The van der Waals surface area contributed by atoms with Crippen LogP contribution in [-0.2, 0) is 5.41 Å². The number of benzene rings is 5. The first-order valence-electron chi connectivity index (χ1n) is 14.9. The molecule has 3 nitrogen and oxygen atoms in total. The molecule has 0 radical (unpaired) electrons. The minimum absolute atomic E-state index is 0.169. The molecule has 44 heavy (non-hydrogen) atoms. The maximum absolute atomic E-state index is 9.42. The fraction of sp³-hybridized carbons (Fsp3) is 0.100. The molecule has 1 aromatic heterocycles. The number of fused-ring (bicyclic) bond motifs is 5. The Morgan fingerprint density at radius 3 is 2.41 bits per heavy atom. The third-order valence-corrected chi connectivity index (χ3v) is 10.0. The second-order valence-electron chi connectivity index (χ2n) is 12.0. The van der Waals surface area contributed by atoms with Crippen molar-refractivity contribution in [2.45, 2.75) is 29.1 Å². The number of hydrogen-bond acceptors (Lipinski definition) is 4. The van der Waals surface area contributed by atoms with Crippen molar-refractivity contribution < 1.29 is 0 Å². The van der Waals surface area contributed by atoms with Crippen molar-refractivity contribution in [3.8, 4) is 39.6 Å². The lowest BCUT2D eigenvalue weighted by Crippen LogP contribution is -2.24. The molecule has 5 aromatic carbocycles. The van der Waals surface area contributed by atoms with Gasteiger partial charge in [0.2, 0.25) is 0 Å². The Kier molecular flexibility index (Phi) is 6.18. The van der Waals surface area contributed by atoms with Crippen LogP contribution in [0.4, 0.5) is 5.69 Å². The molecule has 1 N–H and O–H groups in total. The standard InChI is InChI=1S/C40H29N3S/c1-40(2)33-9-3-4-10-35(33)44-36-11-5-8-32(37(36)40)30-21-29(26-14-12-25(24-41)13-15-26)22-31(23-30)34-19-18-28-17-16-27-7-6-20-42-38(27)39(28)43-34/h3-19,21-23,42H,20H2,1-2H3. The summed E-state index contributed by atoms with van der Waals surface area (Å²) >= 11 is 1.86. The summed E-state index contributed by atoms with van der Waals surface area (Å²) in [5.74, 6) is 0. The topological polar surface area (TPSA) is 48.7 Å². The van der Waals surface area contributed by atoms with E-state index < -0.39 is 0 Å². The molecule has 0 atom stereocenters. The first kappa shape index (κ1) is 26.5. The van der Waals surface area contributed by atoms with Crippen LogP contribution in [0.2, 0.25) is 0 Å². The molecule has 210 valence electrons. The molecule has 0 spiro atoms. The number of pyridine rings is 1. The van der Waals surface area contributed by atoms with E-state index in [0.29, 0.717) is 5.56 Å². The lowest BCUT2D eigenvalue weighted by atomic mass is 9.74. The summed E-state index contributed by atoms with van der Waals surface area (Å²) in [6, 6.07) is 41.0. The zero-order valence-electron chi connectivity index (χ0n) is 24.6. The van der Waals surface area contributed by atoms with E-state index >= 15 is 0 Å². The van der Waals surface area contributed by atoms with Gasteiger partial charge in [-0.3, -0.25) is 0 Å². The highest BCUT2D eigenvalue weighted by atomic mass is 32.2. The number of anilines is 1. The Hall–Kier alpha value is -5.11. The van der Waals surface area contributed by atoms with Gasteiger partial charge in [0, 0.05) is 32.7 Å². The summed E-state index contributed by atoms with van der Waals surface area (Å²) in [6.07, 6.45) is 4.31. The molecule has 2 aliphatic rings. The van der Waals surface area contributed by atoms with Crippen molar-refractivity contribution in [3.63, 3.8) is 0 Å². The molecular weight excluding hydrogens is 555 g/mol. The maximum Gasteiger partial charge on any atom is 0.0991 e. The van der Waals surface area contributed by atoms with Crippen LogP contribution in [0.25, 0.3) is 50.5 Å². The van der Waals surface area contributed by atoms with Crippen molar-refractivity contribution in [2.24, 2.45) is 0 Å². The summed E-state index contributed by atoms with van der Waals surface area (Å²) in [4.78, 5) is 7.88. The molecule has 0 bridgehead atoms. The summed E-state index contributed by atoms with van der Waals surface area (Å²) < 4.78 is 0. The Labute approximate surface area is 261 Å². The molecule has 0 saturated carbocycles. The van der Waals surface area contributed by atoms with Crippen LogP contribution in [-0.4, -0.2) is 11.5 Å². The molecule has 2 aliphatic heterocycles. The van der Waals surface area contributed by atoms with Crippen LogP contribution in [0, 0.1) is 11.3 Å². The first-order valence-corrected chi connectivity index (χ1v) is 15.7. The van der Waals surface area contributed by atoms with Crippen LogP contribution in [0.3, 0.4) is 0 Å². The number of aromatic nitrogens is 1. The van der Waals surface area contributed by atoms with Crippen LogP contribution in [0.15, 0.2) is 125 Å². The SMILES string of the molecule is CC1(C)c2ccccc2Sc2cccc(-c3cc(-c4ccc(C#N)cc4)cc(-c4ccc5ccc6c(c5n4)NCC=C6)c3)c21. The second kappa shape index (κ2) is 10.3. The van der Waals surface area contributed by atoms with Gasteiger partial charge in [0.25, 0.3) is 0 Å². The molecule has 6 aromatic rings. The van der Waals surface area contributed by atoms with Crippen molar-refractivity contribution >= 4 is 34.4 Å². The number of nitrogens with zero attached hydrogens (tertiary/aromatic N) is 2. The van der Waals surface area contributed by atoms with Crippen molar-refractivity contribution in [1.82, 2.24) is 4.98 Å². The normalized spacial score (nSPS) is 14.2. The van der Waals surface area contributed by atoms with Crippen LogP contribution < -0.4 is 5.32 Å². The molecule has 0 saturated heterocycles. The number of nitrogens with one attached hydrogen (secondary N) is 1. The van der Waals surface area contributed by atoms with E-state index in [1.165, 1.54) is 26.5 Å². The zero-order valence-corrected chi connectivity index (χ0v) is 25.4. The number of rotatable bonds is 3. The van der Waals surface area contributed by atoms with Gasteiger partial charge in [0.05, 0.1) is 28.5 Å². The highest BCUT2D eigenvalue weighted by Crippen LogP contribution is 2.52. The van der Waals surface area contributed by atoms with Gasteiger partial charge in [-0.25, -0.2) is 4.98 Å². The molecule has 0 amide bonds. The quantitative estimate of drug-likeness (QED) is 0.225. The average molecular weight is 584 g/mol. The Bertz CT molecular complexity index is 2180. The summed E-state index contributed by atoms with van der Waals surface area (Å²) in [5.41, 5.74) is 13.0. The van der Waals surface area contributed by atoms with E-state index in [2.05, 4.69) is 122 Å². The third-order valence-electron chi connectivity index (χ3n) is 8.91. The highest BCUT2D eigenvalue weighted by molar-refractivity contribution is 7.99. The maximum atomic E-state index is 9.42. The fourth-order valence-corrected chi connectivity index (χ4v) is 8.13. The fourth-order valence-electron chi connectivity index (χ4n) is 6.70. The lowest BCUT2D eigenvalue weighted by Gasteiger charge is -2.36. The molecule has 4 heteroatoms. The van der Waals surface area contributed by atoms with E-state index in [-0.39, 0.29) is 5.41 Å². The van der Waals surface area contributed by atoms with Gasteiger partial charge >= 0.3 is 0 Å². The first-order chi connectivity index (χ1) is 21.5. The van der Waals surface area contributed by atoms with E-state index in [9.17, 15) is 5.26 Å². The van der Waals surface area contributed by atoms with Gasteiger partial charge in [0.15, 0.2) is 0 Å². The van der Waals surface area contributed by atoms with Gasteiger partial charge < -0.3 is 5.32 Å². The van der Waals surface area contributed by atoms with Gasteiger partial charge in [-0.15, -0.1) is 0 Å². The summed E-state index contributed by atoms with van der Waals surface area (Å²) in [5, 5.41) is 14.1. The number of nitriles is 1. The lowest BCUT2D eigenvalue weighted by molar-refractivity contribution is 0.609. The Balaban J connectivity index is 1.35. The molecule has 0 fully saturated rings. The number of hydrogen-bond donors (Lipinski definition) is 1. The zero-order chi connectivity index (χ0) is 29.8. The Morgan fingerprint density at radius 2 is 1.55 bits per heavy atom. The van der Waals surface area contributed by atoms with E-state index in [1.807, 2.05) is 36.0 Å². The predicted molar refractivity (Wildman–Crippen MR) is 183 cm³/mol. The summed E-state index contributed by atoms with van der Waals surface area (Å²) in [6.45, 7) is 5.48. The highest BCUT2D eigenvalue weighted by Gasteiger charge is 2.35. The van der Waals surface area contributed by atoms with Crippen molar-refractivity contribution in [3.05, 3.63) is 138 Å². The summed E-state index contributed by atoms with van der Waals surface area (Å²) in [7, 11) is 0. The van der Waals surface area contributed by atoms with E-state index in [0.717, 1.165) is 56.6 Å². The minimum atomic E-state index is -0.169. The minimum Gasteiger partial charge on any atom is -0.379 e. The van der Waals surface area contributed by atoms with Crippen molar-refractivity contribution in [1.29, 1.82) is 5.26 Å². The van der Waals surface area contributed by atoms with Crippen LogP contribution in [0.5, 0.6) is 0 Å². The van der Waals surface area contributed by atoms with Crippen molar-refractivity contribution in [2.75, 3.05) is 11.9 Å². The molecule has 3 heterocycles. The molecular formula is C40H29N3S. The van der Waals surface area contributed by atoms with Crippen LogP contribution >= 0.6 is 11.8 Å². The van der Waals surface area contributed by atoms with Gasteiger partial charge in [-0.05, 0) is 87.5 Å². The van der Waals surface area contributed by atoms with Gasteiger partial charge in [-0.2, -0.15) is 5.26 Å². The smallest absolute Gasteiger partial charge is 0.0991 e. The Morgan fingerprint density at radius 1 is 0.773 bits per heavy atom. The monoisotopic (exact) mass is 583 g/mol. The van der Waals surface area contributed by atoms with Crippen LogP contribution in [0.1, 0.15) is 36.1 Å². The second-order valence-corrected chi connectivity index (χ2v) is 13.1. The largest absolute Gasteiger partial charge is 0.379 e. The third kappa shape index (κ3) is 4.32. The average Bonchev–Trinajstić information content (AvgIpc) is 3.07. The molecule has 0 aliphatic carbocycles. The predicted octanol–water partition coefficient (Wildman–Crippen LogP) is 10.3. The molecule has 0 unspecified atom stereocenters. The van der Waals surface area contributed by atoms with E-state index in [1.54, 1.807) is 0 Å². The van der Waals surface area contributed by atoms with Gasteiger partial charge in [0.1, 0.15) is 0 Å². The molecule has 8 rings (SSSR count).